The first-order valence-corrected chi connectivity index (χ1v) is 6.02. The van der Waals surface area contributed by atoms with Gasteiger partial charge < -0.3 is 10.2 Å². The van der Waals surface area contributed by atoms with Gasteiger partial charge in [0.15, 0.2) is 0 Å². The Balaban J connectivity index is 2.70. The number of rotatable bonds is 3. The summed E-state index contributed by atoms with van der Waals surface area (Å²) in [4.78, 5) is 24.5. The van der Waals surface area contributed by atoms with Crippen molar-refractivity contribution in [2.24, 2.45) is 0 Å². The largest absolute Gasteiger partial charge is 0.347 e. The molecule has 0 saturated heterocycles. The van der Waals surface area contributed by atoms with Gasteiger partial charge in [-0.1, -0.05) is 27.5 Å². The van der Waals surface area contributed by atoms with Crippen LogP contribution < -0.4 is 5.32 Å². The first-order chi connectivity index (χ1) is 7.91. The molecule has 0 radical (unpaired) electrons. The second-order valence-electron chi connectivity index (χ2n) is 3.60. The first-order valence-electron chi connectivity index (χ1n) is 4.85. The average molecular weight is 320 g/mol. The number of hydrogen-bond acceptors (Lipinski definition) is 2. The molecule has 4 nitrogen and oxygen atoms in total. The van der Waals surface area contributed by atoms with Gasteiger partial charge in [-0.2, -0.15) is 0 Å². The fourth-order valence-electron chi connectivity index (χ4n) is 1.08. The number of likely N-dealkylation sites (N-methyl/N-ethyl adjacent to an activating group) is 1. The van der Waals surface area contributed by atoms with Crippen LogP contribution in [-0.2, 0) is 4.79 Å². The molecule has 0 atom stereocenters. The number of amides is 2. The zero-order valence-corrected chi connectivity index (χ0v) is 11.8. The minimum atomic E-state index is -0.369. The number of carbonyl (C=O) groups is 2. The summed E-state index contributed by atoms with van der Waals surface area (Å²) >= 11 is 9.15. The van der Waals surface area contributed by atoms with E-state index in [1.54, 1.807) is 32.3 Å². The Labute approximate surface area is 113 Å². The van der Waals surface area contributed by atoms with E-state index < -0.39 is 0 Å². The Morgan fingerprint density at radius 3 is 2.65 bits per heavy atom. The zero-order chi connectivity index (χ0) is 13.0. The van der Waals surface area contributed by atoms with Crippen molar-refractivity contribution in [1.82, 2.24) is 10.2 Å². The quantitative estimate of drug-likeness (QED) is 0.925. The predicted molar refractivity (Wildman–Crippen MR) is 70.2 cm³/mol. The Morgan fingerprint density at radius 1 is 1.41 bits per heavy atom. The smallest absolute Gasteiger partial charge is 0.253 e. The van der Waals surface area contributed by atoms with Crippen molar-refractivity contribution in [3.8, 4) is 0 Å². The Bertz CT molecular complexity index is 449. The summed E-state index contributed by atoms with van der Waals surface area (Å²) in [6.45, 7) is -0.0469. The van der Waals surface area contributed by atoms with Crippen LogP contribution in [0.1, 0.15) is 10.4 Å². The number of benzene rings is 1. The minimum absolute atomic E-state index is 0.0469. The highest BCUT2D eigenvalue weighted by molar-refractivity contribution is 9.10. The molecule has 0 heterocycles. The molecule has 0 unspecified atom stereocenters. The van der Waals surface area contributed by atoms with E-state index in [2.05, 4.69) is 21.2 Å². The summed E-state index contributed by atoms with van der Waals surface area (Å²) in [6, 6.07) is 4.97. The fraction of sp³-hybridized carbons (Fsp3) is 0.273. The molecule has 0 aromatic heterocycles. The SMILES string of the molecule is CN(C)C(=O)CNC(=O)c1cc(Br)ccc1Cl. The molecule has 0 saturated carbocycles. The molecule has 0 aliphatic heterocycles. The molecular formula is C11H12BrClN2O2. The van der Waals surface area contributed by atoms with E-state index in [1.807, 2.05) is 0 Å². The lowest BCUT2D eigenvalue weighted by Gasteiger charge is -2.11. The van der Waals surface area contributed by atoms with Crippen LogP contribution in [0.25, 0.3) is 0 Å². The van der Waals surface area contributed by atoms with Gasteiger partial charge in [0.1, 0.15) is 0 Å². The van der Waals surface area contributed by atoms with Crippen molar-refractivity contribution in [3.05, 3.63) is 33.3 Å². The number of nitrogens with zero attached hydrogens (tertiary/aromatic N) is 1. The highest BCUT2D eigenvalue weighted by atomic mass is 79.9. The second-order valence-corrected chi connectivity index (χ2v) is 4.92. The van der Waals surface area contributed by atoms with Crippen molar-refractivity contribution in [2.75, 3.05) is 20.6 Å². The van der Waals surface area contributed by atoms with Crippen LogP contribution in [-0.4, -0.2) is 37.4 Å². The lowest BCUT2D eigenvalue weighted by molar-refractivity contribution is -0.127. The molecule has 0 bridgehead atoms. The van der Waals surface area contributed by atoms with Crippen molar-refractivity contribution in [2.45, 2.75) is 0 Å². The normalized spacial score (nSPS) is 9.88. The molecule has 2 amide bonds. The molecule has 0 spiro atoms. The third-order valence-electron chi connectivity index (χ3n) is 2.07. The van der Waals surface area contributed by atoms with Gasteiger partial charge in [0, 0.05) is 18.6 Å². The van der Waals surface area contributed by atoms with Crippen LogP contribution in [0.5, 0.6) is 0 Å². The molecule has 0 fully saturated rings. The van der Waals surface area contributed by atoms with E-state index in [0.29, 0.717) is 10.6 Å². The Morgan fingerprint density at radius 2 is 2.06 bits per heavy atom. The monoisotopic (exact) mass is 318 g/mol. The molecule has 0 aliphatic rings. The number of nitrogens with one attached hydrogen (secondary N) is 1. The standard InChI is InChI=1S/C11H12BrClN2O2/c1-15(2)10(16)6-14-11(17)8-5-7(12)3-4-9(8)13/h3-5H,6H2,1-2H3,(H,14,17). The maximum Gasteiger partial charge on any atom is 0.253 e. The number of carbonyl (C=O) groups excluding carboxylic acids is 2. The van der Waals surface area contributed by atoms with Crippen LogP contribution in [0.4, 0.5) is 0 Å². The maximum absolute atomic E-state index is 11.8. The molecule has 17 heavy (non-hydrogen) atoms. The zero-order valence-electron chi connectivity index (χ0n) is 9.46. The lowest BCUT2D eigenvalue weighted by atomic mass is 10.2. The van der Waals surface area contributed by atoms with Gasteiger partial charge >= 0.3 is 0 Å². The maximum atomic E-state index is 11.8. The van der Waals surface area contributed by atoms with E-state index in [0.717, 1.165) is 4.47 Å². The molecule has 1 aromatic carbocycles. The first kappa shape index (κ1) is 14.0. The molecule has 1 N–H and O–H groups in total. The lowest BCUT2D eigenvalue weighted by Crippen LogP contribution is -2.36. The topological polar surface area (TPSA) is 49.4 Å². The van der Waals surface area contributed by atoms with Crippen LogP contribution in [0.2, 0.25) is 5.02 Å². The van der Waals surface area contributed by atoms with E-state index in [1.165, 1.54) is 4.90 Å². The van der Waals surface area contributed by atoms with Crippen molar-refractivity contribution in [1.29, 1.82) is 0 Å². The molecule has 1 rings (SSSR count). The Kier molecular flexibility index (Phi) is 4.96. The van der Waals surface area contributed by atoms with Gasteiger partial charge in [0.25, 0.3) is 5.91 Å². The predicted octanol–water partition coefficient (Wildman–Crippen LogP) is 1.92. The highest BCUT2D eigenvalue weighted by Gasteiger charge is 2.12. The van der Waals surface area contributed by atoms with Gasteiger partial charge in [-0.05, 0) is 18.2 Å². The van der Waals surface area contributed by atoms with Gasteiger partial charge in [-0.25, -0.2) is 0 Å². The molecule has 6 heteroatoms. The summed E-state index contributed by atoms with van der Waals surface area (Å²) < 4.78 is 0.756. The van der Waals surface area contributed by atoms with E-state index >= 15 is 0 Å². The summed E-state index contributed by atoms with van der Waals surface area (Å²) in [5.41, 5.74) is 0.340. The number of hydrogen-bond donors (Lipinski definition) is 1. The van der Waals surface area contributed by atoms with Crippen LogP contribution in [0, 0.1) is 0 Å². The van der Waals surface area contributed by atoms with E-state index in [-0.39, 0.29) is 18.4 Å². The van der Waals surface area contributed by atoms with E-state index in [4.69, 9.17) is 11.6 Å². The van der Waals surface area contributed by atoms with Gasteiger partial charge in [0.05, 0.1) is 17.1 Å². The molecule has 92 valence electrons. The van der Waals surface area contributed by atoms with Gasteiger partial charge in [-0.15, -0.1) is 0 Å². The van der Waals surface area contributed by atoms with Crippen LogP contribution in [0.15, 0.2) is 22.7 Å². The summed E-state index contributed by atoms with van der Waals surface area (Å²) in [5.74, 6) is -0.545. The molecule has 0 aliphatic carbocycles. The molecular weight excluding hydrogens is 307 g/mol. The Hall–Kier alpha value is -1.07. The number of halogens is 2. The average Bonchev–Trinajstić information content (AvgIpc) is 2.28. The van der Waals surface area contributed by atoms with Crippen LogP contribution >= 0.6 is 27.5 Å². The molecule has 1 aromatic rings. The van der Waals surface area contributed by atoms with Crippen molar-refractivity contribution in [3.63, 3.8) is 0 Å². The summed E-state index contributed by atoms with van der Waals surface area (Å²) in [6.07, 6.45) is 0. The third kappa shape index (κ3) is 4.02. The van der Waals surface area contributed by atoms with Crippen LogP contribution in [0.3, 0.4) is 0 Å². The third-order valence-corrected chi connectivity index (χ3v) is 2.89. The summed E-state index contributed by atoms with van der Waals surface area (Å²) in [7, 11) is 3.25. The van der Waals surface area contributed by atoms with Gasteiger partial charge in [-0.3, -0.25) is 9.59 Å². The highest BCUT2D eigenvalue weighted by Crippen LogP contribution is 2.20. The minimum Gasteiger partial charge on any atom is -0.347 e. The van der Waals surface area contributed by atoms with Crippen molar-refractivity contribution < 1.29 is 9.59 Å². The summed E-state index contributed by atoms with van der Waals surface area (Å²) in [5, 5.41) is 2.86. The second kappa shape index (κ2) is 6.02. The fourth-order valence-corrected chi connectivity index (χ4v) is 1.65. The van der Waals surface area contributed by atoms with Gasteiger partial charge in [0.2, 0.25) is 5.91 Å². The van der Waals surface area contributed by atoms with E-state index in [9.17, 15) is 9.59 Å². The van der Waals surface area contributed by atoms with Crippen molar-refractivity contribution >= 4 is 39.3 Å².